The number of rotatable bonds is 8. The van der Waals surface area contributed by atoms with E-state index in [1.54, 1.807) is 26.0 Å². The molecule has 118 valence electrons. The summed E-state index contributed by atoms with van der Waals surface area (Å²) in [5, 5.41) is 2.90. The minimum absolute atomic E-state index is 0.0464. The Morgan fingerprint density at radius 2 is 1.90 bits per heavy atom. The molecule has 0 saturated heterocycles. The van der Waals surface area contributed by atoms with E-state index >= 15 is 0 Å². The van der Waals surface area contributed by atoms with E-state index in [4.69, 9.17) is 5.73 Å². The molecule has 0 spiro atoms. The predicted molar refractivity (Wildman–Crippen MR) is 84.4 cm³/mol. The van der Waals surface area contributed by atoms with Crippen LogP contribution in [-0.4, -0.2) is 12.5 Å². The number of nitrogens with two attached hydrogens (primary N) is 1. The first-order valence-corrected chi connectivity index (χ1v) is 7.70. The molecule has 1 atom stereocenters. The van der Waals surface area contributed by atoms with Gasteiger partial charge in [0.15, 0.2) is 0 Å². The molecule has 1 aromatic carbocycles. The van der Waals surface area contributed by atoms with Gasteiger partial charge < -0.3 is 11.1 Å². The van der Waals surface area contributed by atoms with E-state index in [-0.39, 0.29) is 11.7 Å². The van der Waals surface area contributed by atoms with Crippen molar-refractivity contribution in [1.82, 2.24) is 5.32 Å². The average molecular weight is 294 g/mol. The van der Waals surface area contributed by atoms with Gasteiger partial charge in [-0.2, -0.15) is 0 Å². The molecule has 0 saturated carbocycles. The van der Waals surface area contributed by atoms with Crippen LogP contribution in [0.25, 0.3) is 0 Å². The van der Waals surface area contributed by atoms with Crippen molar-refractivity contribution in [2.45, 2.75) is 53.0 Å². The van der Waals surface area contributed by atoms with Gasteiger partial charge in [0.25, 0.3) is 0 Å². The third-order valence-electron chi connectivity index (χ3n) is 3.92. The van der Waals surface area contributed by atoms with Crippen LogP contribution in [0.2, 0.25) is 0 Å². The number of halogens is 1. The van der Waals surface area contributed by atoms with E-state index in [9.17, 15) is 9.18 Å². The molecule has 1 rings (SSSR count). The Morgan fingerprint density at radius 3 is 2.43 bits per heavy atom. The number of carbonyl (C=O) groups excluding carboxylic acids is 1. The van der Waals surface area contributed by atoms with E-state index in [1.807, 2.05) is 0 Å². The summed E-state index contributed by atoms with van der Waals surface area (Å²) in [4.78, 5) is 11.9. The first kappa shape index (κ1) is 17.6. The highest BCUT2D eigenvalue weighted by Crippen LogP contribution is 2.16. The van der Waals surface area contributed by atoms with Gasteiger partial charge in [0.05, 0.1) is 0 Å². The number of amides is 1. The number of nitrogens with one attached hydrogen (secondary N) is 1. The van der Waals surface area contributed by atoms with Crippen molar-refractivity contribution in [2.24, 2.45) is 11.7 Å². The van der Waals surface area contributed by atoms with E-state index in [0.717, 1.165) is 24.8 Å². The zero-order chi connectivity index (χ0) is 15.8. The van der Waals surface area contributed by atoms with Crippen molar-refractivity contribution >= 4 is 5.91 Å². The van der Waals surface area contributed by atoms with E-state index in [1.165, 1.54) is 0 Å². The average Bonchev–Trinajstić information content (AvgIpc) is 2.46. The molecular formula is C17H27FN2O. The molecule has 4 heteroatoms. The summed E-state index contributed by atoms with van der Waals surface area (Å²) < 4.78 is 13.5. The minimum Gasteiger partial charge on any atom is -0.352 e. The summed E-state index contributed by atoms with van der Waals surface area (Å²) in [6, 6.07) is 3.57. The van der Waals surface area contributed by atoms with Gasteiger partial charge in [-0.3, -0.25) is 4.79 Å². The van der Waals surface area contributed by atoms with Crippen molar-refractivity contribution in [2.75, 3.05) is 6.54 Å². The Kier molecular flexibility index (Phi) is 7.37. The summed E-state index contributed by atoms with van der Waals surface area (Å²) in [7, 11) is 0. The van der Waals surface area contributed by atoms with E-state index in [2.05, 4.69) is 12.2 Å². The first-order valence-electron chi connectivity index (χ1n) is 7.70. The second kappa shape index (κ2) is 8.78. The lowest BCUT2D eigenvalue weighted by molar-refractivity contribution is -0.121. The Morgan fingerprint density at radius 1 is 1.29 bits per heavy atom. The normalized spacial score (nSPS) is 12.2. The predicted octanol–water partition coefficient (Wildman–Crippen LogP) is 3.21. The zero-order valence-corrected chi connectivity index (χ0v) is 13.3. The van der Waals surface area contributed by atoms with Gasteiger partial charge in [-0.15, -0.1) is 0 Å². The molecule has 3 nitrogen and oxygen atoms in total. The molecule has 0 aliphatic rings. The molecule has 1 amide bonds. The first-order chi connectivity index (χ1) is 9.97. The molecule has 0 aromatic heterocycles. The molecule has 3 N–H and O–H groups in total. The Labute approximate surface area is 127 Å². The maximum absolute atomic E-state index is 13.5. The van der Waals surface area contributed by atoms with Gasteiger partial charge >= 0.3 is 0 Å². The zero-order valence-electron chi connectivity index (χ0n) is 13.3. The fourth-order valence-electron chi connectivity index (χ4n) is 2.55. The van der Waals surface area contributed by atoms with Crippen molar-refractivity contribution < 1.29 is 9.18 Å². The lowest BCUT2D eigenvalue weighted by Gasteiger charge is -2.13. The van der Waals surface area contributed by atoms with Gasteiger partial charge in [-0.05, 0) is 55.8 Å². The summed E-state index contributed by atoms with van der Waals surface area (Å²) in [6.07, 6.45) is 3.43. The highest BCUT2D eigenvalue weighted by Gasteiger charge is 2.09. The number of benzene rings is 1. The van der Waals surface area contributed by atoms with Crippen LogP contribution in [0.3, 0.4) is 0 Å². The minimum atomic E-state index is -0.169. The second-order valence-corrected chi connectivity index (χ2v) is 5.71. The van der Waals surface area contributed by atoms with Crippen LogP contribution < -0.4 is 11.1 Å². The maximum atomic E-state index is 13.5. The smallest absolute Gasteiger partial charge is 0.220 e. The molecule has 0 aliphatic carbocycles. The van der Waals surface area contributed by atoms with E-state index in [0.29, 0.717) is 36.6 Å². The molecule has 0 heterocycles. The van der Waals surface area contributed by atoms with Crippen LogP contribution in [0.1, 0.15) is 49.3 Å². The van der Waals surface area contributed by atoms with E-state index < -0.39 is 0 Å². The highest BCUT2D eigenvalue weighted by atomic mass is 19.1. The summed E-state index contributed by atoms with van der Waals surface area (Å²) >= 11 is 0. The summed E-state index contributed by atoms with van der Waals surface area (Å²) in [5.74, 6) is 0.402. The lowest BCUT2D eigenvalue weighted by atomic mass is 9.96. The van der Waals surface area contributed by atoms with Gasteiger partial charge in [0, 0.05) is 13.0 Å². The molecule has 0 bridgehead atoms. The lowest BCUT2D eigenvalue weighted by Crippen LogP contribution is -2.23. The SMILES string of the molecule is CCC(CCN)CCC(=O)NCc1cc(C)c(F)c(C)c1. The highest BCUT2D eigenvalue weighted by molar-refractivity contribution is 5.75. The third kappa shape index (κ3) is 5.84. The van der Waals surface area contributed by atoms with Gasteiger partial charge in [-0.1, -0.05) is 25.5 Å². The monoisotopic (exact) mass is 294 g/mol. The largest absolute Gasteiger partial charge is 0.352 e. The fourth-order valence-corrected chi connectivity index (χ4v) is 2.55. The van der Waals surface area contributed by atoms with Gasteiger partial charge in [-0.25, -0.2) is 4.39 Å². The van der Waals surface area contributed by atoms with Crippen LogP contribution in [-0.2, 0) is 11.3 Å². The Balaban J connectivity index is 2.43. The molecule has 0 fully saturated rings. The van der Waals surface area contributed by atoms with Crippen molar-refractivity contribution in [3.05, 3.63) is 34.6 Å². The van der Waals surface area contributed by atoms with Crippen LogP contribution >= 0.6 is 0 Å². The molecule has 0 radical (unpaired) electrons. The van der Waals surface area contributed by atoms with Crippen LogP contribution in [0.5, 0.6) is 0 Å². The number of hydrogen-bond donors (Lipinski definition) is 2. The topological polar surface area (TPSA) is 55.1 Å². The van der Waals surface area contributed by atoms with Crippen LogP contribution in [0.15, 0.2) is 12.1 Å². The number of aryl methyl sites for hydroxylation is 2. The molecular weight excluding hydrogens is 267 g/mol. The molecule has 1 unspecified atom stereocenters. The summed E-state index contributed by atoms with van der Waals surface area (Å²) in [6.45, 7) is 6.74. The third-order valence-corrected chi connectivity index (χ3v) is 3.92. The summed E-state index contributed by atoms with van der Waals surface area (Å²) in [5.41, 5.74) is 7.73. The maximum Gasteiger partial charge on any atom is 0.220 e. The number of hydrogen-bond acceptors (Lipinski definition) is 2. The fraction of sp³-hybridized carbons (Fsp3) is 0.588. The standard InChI is InChI=1S/C17H27FN2O/c1-4-14(7-8-19)5-6-16(21)20-11-15-9-12(2)17(18)13(3)10-15/h9-10,14H,4-8,11,19H2,1-3H3,(H,20,21). The second-order valence-electron chi connectivity index (χ2n) is 5.71. The Bertz CT molecular complexity index is 451. The van der Waals surface area contributed by atoms with Gasteiger partial charge in [0.1, 0.15) is 5.82 Å². The quantitative estimate of drug-likeness (QED) is 0.773. The van der Waals surface area contributed by atoms with Gasteiger partial charge in [0.2, 0.25) is 5.91 Å². The molecule has 21 heavy (non-hydrogen) atoms. The van der Waals surface area contributed by atoms with Crippen LogP contribution in [0.4, 0.5) is 4.39 Å². The molecule has 0 aliphatic heterocycles. The van der Waals surface area contributed by atoms with Crippen molar-refractivity contribution in [1.29, 1.82) is 0 Å². The molecule has 1 aromatic rings. The van der Waals surface area contributed by atoms with Crippen molar-refractivity contribution in [3.8, 4) is 0 Å². The van der Waals surface area contributed by atoms with Crippen molar-refractivity contribution in [3.63, 3.8) is 0 Å². The Hall–Kier alpha value is -1.42. The van der Waals surface area contributed by atoms with Crippen LogP contribution in [0, 0.1) is 25.6 Å². The number of carbonyl (C=O) groups is 1.